The minimum absolute atomic E-state index is 0.219. The van der Waals surface area contributed by atoms with Crippen LogP contribution in [-0.2, 0) is 6.54 Å². The molecule has 1 rings (SSSR count). The number of halogens is 3. The zero-order chi connectivity index (χ0) is 13.5. The van der Waals surface area contributed by atoms with E-state index in [1.165, 1.54) is 0 Å². The first-order chi connectivity index (χ1) is 8.52. The number of hydrogen-bond donors (Lipinski definition) is 1. The molecule has 0 amide bonds. The Morgan fingerprint density at radius 3 is 2.78 bits per heavy atom. The van der Waals surface area contributed by atoms with E-state index in [1.54, 1.807) is 30.0 Å². The molecular weight excluding hydrogens is 324 g/mol. The summed E-state index contributed by atoms with van der Waals surface area (Å²) in [5.74, 6) is 1.19. The predicted molar refractivity (Wildman–Crippen MR) is 75.5 cm³/mol. The summed E-state index contributed by atoms with van der Waals surface area (Å²) in [5.41, 5.74) is 0.720. The van der Waals surface area contributed by atoms with Crippen molar-refractivity contribution in [2.24, 2.45) is 0 Å². The molecule has 102 valence electrons. The van der Waals surface area contributed by atoms with Gasteiger partial charge in [0.25, 0.3) is 0 Å². The third kappa shape index (κ3) is 5.54. The van der Waals surface area contributed by atoms with Gasteiger partial charge in [-0.15, -0.1) is 0 Å². The molecule has 18 heavy (non-hydrogen) atoms. The van der Waals surface area contributed by atoms with Gasteiger partial charge in [0.05, 0.1) is 0 Å². The molecule has 2 nitrogen and oxygen atoms in total. The molecule has 0 radical (unpaired) electrons. The first-order valence-electron chi connectivity index (χ1n) is 5.48. The van der Waals surface area contributed by atoms with Gasteiger partial charge in [0.1, 0.15) is 5.75 Å². The normalized spacial score (nSPS) is 12.8. The van der Waals surface area contributed by atoms with E-state index in [4.69, 9.17) is 0 Å². The highest BCUT2D eigenvalue weighted by Crippen LogP contribution is 2.24. The third-order valence-electron chi connectivity index (χ3n) is 2.30. The molecule has 1 aromatic rings. The Bertz CT molecular complexity index is 379. The number of ether oxygens (including phenoxy) is 1. The fraction of sp³-hybridized carbons (Fsp3) is 0.500. The van der Waals surface area contributed by atoms with Gasteiger partial charge in [-0.05, 0) is 31.4 Å². The molecule has 0 fully saturated rings. The second-order valence-corrected chi connectivity index (χ2v) is 5.69. The lowest BCUT2D eigenvalue weighted by Crippen LogP contribution is -2.27. The molecule has 0 saturated heterocycles. The fourth-order valence-corrected chi connectivity index (χ4v) is 2.52. The summed E-state index contributed by atoms with van der Waals surface area (Å²) < 4.78 is 29.9. The topological polar surface area (TPSA) is 21.3 Å². The molecule has 6 heteroatoms. The minimum atomic E-state index is -2.80. The monoisotopic (exact) mass is 339 g/mol. The highest BCUT2D eigenvalue weighted by molar-refractivity contribution is 9.10. The molecule has 0 aromatic heterocycles. The zero-order valence-electron chi connectivity index (χ0n) is 10.3. The van der Waals surface area contributed by atoms with Crippen molar-refractivity contribution >= 4 is 27.7 Å². The maximum Gasteiger partial charge on any atom is 0.387 e. The molecule has 1 atom stereocenters. The number of thioether (sulfide) groups is 1. The van der Waals surface area contributed by atoms with Crippen LogP contribution in [0.15, 0.2) is 22.7 Å². The molecule has 0 heterocycles. The largest absolute Gasteiger partial charge is 0.434 e. The van der Waals surface area contributed by atoms with Crippen LogP contribution in [0.5, 0.6) is 5.75 Å². The van der Waals surface area contributed by atoms with Gasteiger partial charge in [-0.2, -0.15) is 20.5 Å². The molecule has 0 aliphatic rings. The van der Waals surface area contributed by atoms with Gasteiger partial charge in [-0.1, -0.05) is 15.9 Å². The zero-order valence-corrected chi connectivity index (χ0v) is 12.7. The van der Waals surface area contributed by atoms with Crippen molar-refractivity contribution in [2.75, 3.05) is 12.0 Å². The van der Waals surface area contributed by atoms with Crippen LogP contribution in [0.1, 0.15) is 12.5 Å². The molecule has 0 saturated carbocycles. The van der Waals surface area contributed by atoms with E-state index in [-0.39, 0.29) is 5.75 Å². The summed E-state index contributed by atoms with van der Waals surface area (Å²) in [6, 6.07) is 5.34. The van der Waals surface area contributed by atoms with Crippen LogP contribution in [0.2, 0.25) is 0 Å². The van der Waals surface area contributed by atoms with Gasteiger partial charge < -0.3 is 10.1 Å². The smallest absolute Gasteiger partial charge is 0.387 e. The van der Waals surface area contributed by atoms with E-state index in [0.717, 1.165) is 15.8 Å². The van der Waals surface area contributed by atoms with Crippen LogP contribution < -0.4 is 10.1 Å². The third-order valence-corrected chi connectivity index (χ3v) is 3.62. The second kappa shape index (κ2) is 7.96. The van der Waals surface area contributed by atoms with Crippen LogP contribution in [0.25, 0.3) is 0 Å². The summed E-state index contributed by atoms with van der Waals surface area (Å²) in [4.78, 5) is 0. The molecule has 0 spiro atoms. The summed E-state index contributed by atoms with van der Waals surface area (Å²) in [7, 11) is 0. The number of hydrogen-bond acceptors (Lipinski definition) is 3. The second-order valence-electron chi connectivity index (χ2n) is 3.87. The molecule has 0 bridgehead atoms. The average molecular weight is 340 g/mol. The quantitative estimate of drug-likeness (QED) is 0.814. The van der Waals surface area contributed by atoms with Crippen molar-refractivity contribution in [1.29, 1.82) is 0 Å². The van der Waals surface area contributed by atoms with E-state index in [0.29, 0.717) is 12.6 Å². The van der Waals surface area contributed by atoms with Crippen LogP contribution in [0.3, 0.4) is 0 Å². The maximum atomic E-state index is 12.3. The lowest BCUT2D eigenvalue weighted by Gasteiger charge is -2.15. The van der Waals surface area contributed by atoms with Crippen molar-refractivity contribution in [2.45, 2.75) is 26.1 Å². The number of alkyl halides is 2. The Kier molecular flexibility index (Phi) is 6.96. The predicted octanol–water partition coefficient (Wildman–Crippen LogP) is 3.89. The Morgan fingerprint density at radius 1 is 1.44 bits per heavy atom. The van der Waals surface area contributed by atoms with Gasteiger partial charge in [0, 0.05) is 28.4 Å². The van der Waals surface area contributed by atoms with Crippen molar-refractivity contribution in [3.8, 4) is 5.75 Å². The Hall–Kier alpha value is -0.330. The van der Waals surface area contributed by atoms with E-state index < -0.39 is 6.61 Å². The van der Waals surface area contributed by atoms with E-state index in [2.05, 4.69) is 32.9 Å². The molecule has 0 aliphatic heterocycles. The molecule has 0 aliphatic carbocycles. The molecule has 1 unspecified atom stereocenters. The standard InChI is InChI=1S/C12H16BrF2NOS/c1-8(7-18-2)16-6-9-5-10(13)3-4-11(9)17-12(14)15/h3-5,8,12,16H,6-7H2,1-2H3. The lowest BCUT2D eigenvalue weighted by molar-refractivity contribution is -0.0505. The maximum absolute atomic E-state index is 12.3. The number of rotatable bonds is 7. The molecule has 1 N–H and O–H groups in total. The van der Waals surface area contributed by atoms with Gasteiger partial charge in [-0.3, -0.25) is 0 Å². The highest BCUT2D eigenvalue weighted by Gasteiger charge is 2.11. The Morgan fingerprint density at radius 2 is 2.17 bits per heavy atom. The number of nitrogens with one attached hydrogen (secondary N) is 1. The van der Waals surface area contributed by atoms with Gasteiger partial charge in [0.2, 0.25) is 0 Å². The Balaban J connectivity index is 2.69. The lowest BCUT2D eigenvalue weighted by atomic mass is 10.2. The van der Waals surface area contributed by atoms with E-state index in [1.807, 2.05) is 6.26 Å². The summed E-state index contributed by atoms with van der Waals surface area (Å²) in [6.07, 6.45) is 2.03. The van der Waals surface area contributed by atoms with Crippen LogP contribution in [0.4, 0.5) is 8.78 Å². The van der Waals surface area contributed by atoms with Crippen LogP contribution in [-0.4, -0.2) is 24.7 Å². The van der Waals surface area contributed by atoms with Crippen molar-refractivity contribution in [1.82, 2.24) is 5.32 Å². The number of benzene rings is 1. The van der Waals surface area contributed by atoms with Crippen molar-refractivity contribution in [3.63, 3.8) is 0 Å². The van der Waals surface area contributed by atoms with E-state index in [9.17, 15) is 8.78 Å². The first kappa shape index (κ1) is 15.7. The van der Waals surface area contributed by atoms with Crippen LogP contribution in [0, 0.1) is 0 Å². The van der Waals surface area contributed by atoms with Crippen LogP contribution >= 0.6 is 27.7 Å². The van der Waals surface area contributed by atoms with Gasteiger partial charge in [0.15, 0.2) is 0 Å². The molecular formula is C12H16BrF2NOS. The SMILES string of the molecule is CSCC(C)NCc1cc(Br)ccc1OC(F)F. The average Bonchev–Trinajstić information content (AvgIpc) is 2.29. The summed E-state index contributed by atoms with van der Waals surface area (Å²) >= 11 is 5.07. The van der Waals surface area contributed by atoms with E-state index >= 15 is 0 Å². The molecule has 1 aromatic carbocycles. The van der Waals surface area contributed by atoms with Crippen molar-refractivity contribution < 1.29 is 13.5 Å². The highest BCUT2D eigenvalue weighted by atomic mass is 79.9. The minimum Gasteiger partial charge on any atom is -0.434 e. The fourth-order valence-electron chi connectivity index (χ4n) is 1.49. The first-order valence-corrected chi connectivity index (χ1v) is 7.67. The van der Waals surface area contributed by atoms with Gasteiger partial charge in [-0.25, -0.2) is 0 Å². The summed E-state index contributed by atoms with van der Waals surface area (Å²) in [5, 5.41) is 3.27. The Labute approximate surface area is 119 Å². The summed E-state index contributed by atoms with van der Waals surface area (Å²) in [6.45, 7) is -0.237. The van der Waals surface area contributed by atoms with Crippen molar-refractivity contribution in [3.05, 3.63) is 28.2 Å². The van der Waals surface area contributed by atoms with Gasteiger partial charge >= 0.3 is 6.61 Å².